The van der Waals surface area contributed by atoms with Crippen LogP contribution >= 0.6 is 15.9 Å². The molecule has 1 amide bonds. The zero-order chi connectivity index (χ0) is 21.8. The van der Waals surface area contributed by atoms with Crippen molar-refractivity contribution in [3.8, 4) is 0 Å². The summed E-state index contributed by atoms with van der Waals surface area (Å²) in [7, 11) is 0. The molecule has 0 aromatic heterocycles. The van der Waals surface area contributed by atoms with Gasteiger partial charge in [-0.25, -0.2) is 0 Å². The lowest BCUT2D eigenvalue weighted by atomic mass is 9.83. The molecule has 0 spiro atoms. The molecule has 0 unspecified atom stereocenters. The summed E-state index contributed by atoms with van der Waals surface area (Å²) in [5.41, 5.74) is 5.28. The maximum Gasteiger partial charge on any atom is 0.252 e. The normalized spacial score (nSPS) is 17.0. The molecule has 4 nitrogen and oxygen atoms in total. The van der Waals surface area contributed by atoms with Crippen LogP contribution in [0, 0.1) is 0 Å². The van der Waals surface area contributed by atoms with Crippen molar-refractivity contribution in [2.75, 3.05) is 19.6 Å². The van der Waals surface area contributed by atoms with Crippen LogP contribution in [0.2, 0.25) is 0 Å². The Labute approximate surface area is 192 Å². The first-order valence-corrected chi connectivity index (χ1v) is 12.0. The second-order valence-corrected chi connectivity index (χ2v) is 9.24. The van der Waals surface area contributed by atoms with Crippen molar-refractivity contribution in [3.63, 3.8) is 0 Å². The fourth-order valence-electron chi connectivity index (χ4n) is 4.83. The highest BCUT2D eigenvalue weighted by molar-refractivity contribution is 9.10. The summed E-state index contributed by atoms with van der Waals surface area (Å²) >= 11 is 3.44. The summed E-state index contributed by atoms with van der Waals surface area (Å²) in [4.78, 5) is 27.3. The minimum absolute atomic E-state index is 0.0340. The molecule has 1 atom stereocenters. The van der Waals surface area contributed by atoms with Crippen molar-refractivity contribution in [2.24, 2.45) is 0 Å². The number of nitrogens with zero attached hydrogens (tertiary/aromatic N) is 1. The number of allylic oxidation sites excluding steroid dienone is 1. The van der Waals surface area contributed by atoms with E-state index in [1.54, 1.807) is 6.08 Å². The van der Waals surface area contributed by atoms with Crippen molar-refractivity contribution in [3.05, 3.63) is 74.8 Å². The molecule has 0 heterocycles. The Morgan fingerprint density at radius 2 is 2.00 bits per heavy atom. The largest absolute Gasteiger partial charge is 0.352 e. The summed E-state index contributed by atoms with van der Waals surface area (Å²) in [6, 6.07) is 12.3. The quantitative estimate of drug-likeness (QED) is 0.537. The van der Waals surface area contributed by atoms with Crippen LogP contribution < -0.4 is 5.32 Å². The fraction of sp³-hybridized carbons (Fsp3) is 0.385. The number of nitrogens with one attached hydrogen (secondary N) is 1. The average Bonchev–Trinajstić information content (AvgIpc) is 3.17. The molecule has 0 saturated heterocycles. The molecule has 0 aliphatic heterocycles. The monoisotopic (exact) mass is 480 g/mol. The summed E-state index contributed by atoms with van der Waals surface area (Å²) in [6.45, 7) is 4.91. The molecule has 4 rings (SSSR count). The summed E-state index contributed by atoms with van der Waals surface area (Å²) in [5.74, 6) is 0.129. The number of fused-ring (bicyclic) bond motifs is 3. The summed E-state index contributed by atoms with van der Waals surface area (Å²) < 4.78 is 0.821. The lowest BCUT2D eigenvalue weighted by Crippen LogP contribution is -2.41. The number of rotatable bonds is 8. The molecule has 0 fully saturated rings. The van der Waals surface area contributed by atoms with Crippen molar-refractivity contribution in [1.29, 1.82) is 0 Å². The Kier molecular flexibility index (Phi) is 7.03. The number of carbonyl (C=O) groups is 2. The molecule has 0 saturated carbocycles. The summed E-state index contributed by atoms with van der Waals surface area (Å²) in [6.07, 6.45) is 8.72. The predicted octanol–water partition coefficient (Wildman–Crippen LogP) is 5.05. The van der Waals surface area contributed by atoms with Gasteiger partial charge in [-0.05, 0) is 89.5 Å². The van der Waals surface area contributed by atoms with Crippen LogP contribution in [0.3, 0.4) is 0 Å². The third kappa shape index (κ3) is 4.83. The third-order valence-corrected chi connectivity index (χ3v) is 7.03. The van der Waals surface area contributed by atoms with Gasteiger partial charge < -0.3 is 5.32 Å². The Bertz CT molecular complexity index is 1010. The number of amides is 1. The summed E-state index contributed by atoms with van der Waals surface area (Å²) in [5, 5.41) is 3.05. The molecule has 1 N–H and O–H groups in total. The van der Waals surface area contributed by atoms with Crippen molar-refractivity contribution >= 4 is 33.7 Å². The van der Waals surface area contributed by atoms with Gasteiger partial charge in [0.25, 0.3) is 5.91 Å². The van der Waals surface area contributed by atoms with E-state index in [4.69, 9.17) is 0 Å². The zero-order valence-corrected chi connectivity index (χ0v) is 19.6. The van der Waals surface area contributed by atoms with Crippen LogP contribution in [0.25, 0.3) is 6.08 Å². The Morgan fingerprint density at radius 1 is 1.16 bits per heavy atom. The van der Waals surface area contributed by atoms with E-state index in [1.807, 2.05) is 30.3 Å². The first-order valence-electron chi connectivity index (χ1n) is 11.2. The molecule has 31 heavy (non-hydrogen) atoms. The minimum Gasteiger partial charge on any atom is -0.352 e. The minimum atomic E-state index is -0.0340. The Morgan fingerprint density at radius 3 is 2.81 bits per heavy atom. The molecule has 2 aliphatic carbocycles. The van der Waals surface area contributed by atoms with E-state index in [0.717, 1.165) is 60.8 Å². The van der Waals surface area contributed by atoms with Gasteiger partial charge >= 0.3 is 0 Å². The van der Waals surface area contributed by atoms with Crippen molar-refractivity contribution < 1.29 is 9.59 Å². The zero-order valence-electron chi connectivity index (χ0n) is 18.0. The molecule has 162 valence electrons. The first-order chi connectivity index (χ1) is 15.1. The highest BCUT2D eigenvalue weighted by atomic mass is 79.9. The van der Waals surface area contributed by atoms with E-state index < -0.39 is 0 Å². The number of hydrogen-bond acceptors (Lipinski definition) is 3. The second kappa shape index (κ2) is 9.92. The smallest absolute Gasteiger partial charge is 0.252 e. The highest BCUT2D eigenvalue weighted by Crippen LogP contribution is 2.32. The van der Waals surface area contributed by atoms with Gasteiger partial charge in [0.05, 0.1) is 5.56 Å². The number of hydrogen-bond donors (Lipinski definition) is 1. The number of halogens is 1. The van der Waals surface area contributed by atoms with Gasteiger partial charge in [-0.15, -0.1) is 0 Å². The van der Waals surface area contributed by atoms with Gasteiger partial charge in [0.15, 0.2) is 5.78 Å². The van der Waals surface area contributed by atoms with Crippen LogP contribution in [0.4, 0.5) is 0 Å². The van der Waals surface area contributed by atoms with Crippen molar-refractivity contribution in [1.82, 2.24) is 10.2 Å². The van der Waals surface area contributed by atoms with Gasteiger partial charge in [0.1, 0.15) is 0 Å². The van der Waals surface area contributed by atoms with E-state index in [9.17, 15) is 9.59 Å². The van der Waals surface area contributed by atoms with Crippen LogP contribution in [0.15, 0.2) is 46.9 Å². The van der Waals surface area contributed by atoms with Gasteiger partial charge in [-0.1, -0.05) is 37.3 Å². The highest BCUT2D eigenvalue weighted by Gasteiger charge is 2.28. The molecule has 0 bridgehead atoms. The number of ketones is 1. The van der Waals surface area contributed by atoms with Gasteiger partial charge in [0.2, 0.25) is 0 Å². The number of benzene rings is 2. The fourth-order valence-corrected chi connectivity index (χ4v) is 5.30. The van der Waals surface area contributed by atoms with Crippen LogP contribution in [-0.2, 0) is 12.8 Å². The van der Waals surface area contributed by atoms with Crippen LogP contribution in [-0.4, -0.2) is 42.3 Å². The lowest BCUT2D eigenvalue weighted by Gasteiger charge is -2.35. The standard InChI is InChI=1S/C26H29BrN2O2/c1-2-15-29(16-5-14-28-26(31)22-6-3-4-7-23(22)27)20-11-12-21-19(17-20)9-8-18-10-13-24(30)25(18)21/h3-4,6-10,13,20H,2,5,11-12,14-17H2,1H3,(H,28,31)/t20-/m1/s1. The van der Waals surface area contributed by atoms with E-state index >= 15 is 0 Å². The van der Waals surface area contributed by atoms with Crippen LogP contribution in [0.5, 0.6) is 0 Å². The molecular formula is C26H29BrN2O2. The van der Waals surface area contributed by atoms with Gasteiger partial charge in [0, 0.05) is 29.2 Å². The average molecular weight is 481 g/mol. The molecule has 2 aromatic carbocycles. The van der Waals surface area contributed by atoms with E-state index in [-0.39, 0.29) is 11.7 Å². The van der Waals surface area contributed by atoms with E-state index in [2.05, 4.69) is 45.2 Å². The molecule has 5 heteroatoms. The molecule has 0 radical (unpaired) electrons. The third-order valence-electron chi connectivity index (χ3n) is 6.34. The lowest BCUT2D eigenvalue weighted by molar-refractivity contribution is 0.0948. The van der Waals surface area contributed by atoms with Gasteiger partial charge in [-0.2, -0.15) is 0 Å². The van der Waals surface area contributed by atoms with Gasteiger partial charge in [-0.3, -0.25) is 14.5 Å². The predicted molar refractivity (Wildman–Crippen MR) is 129 cm³/mol. The van der Waals surface area contributed by atoms with Crippen molar-refractivity contribution in [2.45, 2.75) is 45.1 Å². The Hall–Kier alpha value is -2.24. The van der Waals surface area contributed by atoms with E-state index in [0.29, 0.717) is 18.2 Å². The molecule has 2 aliphatic rings. The first kappa shape index (κ1) is 22.0. The van der Waals surface area contributed by atoms with E-state index in [1.165, 1.54) is 11.1 Å². The Balaban J connectivity index is 1.33. The maximum atomic E-state index is 12.4. The second-order valence-electron chi connectivity index (χ2n) is 8.39. The SMILES string of the molecule is CCCN(CCCNC(=O)c1ccccc1Br)[C@@H]1CCc2c(ccc3c2C(=O)C=C3)C1. The number of carbonyl (C=O) groups excluding carboxylic acids is 2. The van der Waals surface area contributed by atoms with Crippen LogP contribution in [0.1, 0.15) is 63.6 Å². The topological polar surface area (TPSA) is 49.4 Å². The maximum absolute atomic E-state index is 12.4. The molecule has 2 aromatic rings. The molecular weight excluding hydrogens is 452 g/mol.